The van der Waals surface area contributed by atoms with Gasteiger partial charge >= 0.3 is 0 Å². The molecule has 0 aromatic rings. The van der Waals surface area contributed by atoms with E-state index in [0.29, 0.717) is 12.0 Å². The Labute approximate surface area is 67.6 Å². The average molecular weight is 156 g/mol. The molecule has 11 heavy (non-hydrogen) atoms. The molecule has 0 radical (unpaired) electrons. The lowest BCUT2D eigenvalue weighted by atomic mass is 9.98. The fourth-order valence-corrected chi connectivity index (χ4v) is 1.50. The molecule has 1 fully saturated rings. The number of hydrogen-bond donors (Lipinski definition) is 2. The van der Waals surface area contributed by atoms with Crippen LogP contribution < -0.4 is 11.3 Å². The standard InChI is InChI=1S/C8H16N2O/c1-3-8(10-9)7-4-6(2)11-5-7/h3,6-8,10H,1,4-5,9H2,2H3. The third kappa shape index (κ3) is 2.02. The highest BCUT2D eigenvalue weighted by molar-refractivity contribution is 4.92. The number of hydrogen-bond acceptors (Lipinski definition) is 3. The first-order valence-electron chi connectivity index (χ1n) is 3.98. The fourth-order valence-electron chi connectivity index (χ4n) is 1.50. The van der Waals surface area contributed by atoms with Gasteiger partial charge in [-0.25, -0.2) is 0 Å². The molecule has 64 valence electrons. The first-order valence-corrected chi connectivity index (χ1v) is 3.98. The van der Waals surface area contributed by atoms with Crippen LogP contribution in [0, 0.1) is 5.92 Å². The van der Waals surface area contributed by atoms with E-state index in [9.17, 15) is 0 Å². The first kappa shape index (κ1) is 8.71. The smallest absolute Gasteiger partial charge is 0.0551 e. The third-order valence-corrected chi connectivity index (χ3v) is 2.18. The quantitative estimate of drug-likeness (QED) is 0.354. The van der Waals surface area contributed by atoms with E-state index in [1.807, 2.05) is 6.08 Å². The van der Waals surface area contributed by atoms with Crippen LogP contribution in [0.25, 0.3) is 0 Å². The zero-order valence-corrected chi connectivity index (χ0v) is 6.92. The van der Waals surface area contributed by atoms with Gasteiger partial charge in [-0.1, -0.05) is 6.08 Å². The van der Waals surface area contributed by atoms with Gasteiger partial charge in [0.25, 0.3) is 0 Å². The van der Waals surface area contributed by atoms with Crippen molar-refractivity contribution in [2.24, 2.45) is 11.8 Å². The van der Waals surface area contributed by atoms with E-state index in [4.69, 9.17) is 10.6 Å². The van der Waals surface area contributed by atoms with Gasteiger partial charge in [0.1, 0.15) is 0 Å². The molecule has 0 amide bonds. The molecule has 1 heterocycles. The van der Waals surface area contributed by atoms with Crippen LogP contribution in [0.15, 0.2) is 12.7 Å². The summed E-state index contributed by atoms with van der Waals surface area (Å²) in [5, 5.41) is 0. The van der Waals surface area contributed by atoms with Crippen LogP contribution in [-0.2, 0) is 4.74 Å². The highest BCUT2D eigenvalue weighted by Gasteiger charge is 2.26. The Morgan fingerprint density at radius 1 is 1.82 bits per heavy atom. The van der Waals surface area contributed by atoms with Gasteiger partial charge in [-0.15, -0.1) is 6.58 Å². The highest BCUT2D eigenvalue weighted by atomic mass is 16.5. The zero-order chi connectivity index (χ0) is 8.27. The van der Waals surface area contributed by atoms with Crippen molar-refractivity contribution in [3.8, 4) is 0 Å². The summed E-state index contributed by atoms with van der Waals surface area (Å²) in [5.74, 6) is 5.82. The van der Waals surface area contributed by atoms with Crippen molar-refractivity contribution >= 4 is 0 Å². The van der Waals surface area contributed by atoms with E-state index in [0.717, 1.165) is 13.0 Å². The molecule has 3 N–H and O–H groups in total. The summed E-state index contributed by atoms with van der Waals surface area (Å²) in [6.45, 7) is 6.58. The topological polar surface area (TPSA) is 47.3 Å². The molecule has 1 aliphatic heterocycles. The molecule has 0 aromatic heterocycles. The van der Waals surface area contributed by atoms with Gasteiger partial charge in [-0.2, -0.15) is 0 Å². The van der Waals surface area contributed by atoms with Gasteiger partial charge in [-0.05, 0) is 13.3 Å². The summed E-state index contributed by atoms with van der Waals surface area (Å²) in [6, 6.07) is 0.194. The van der Waals surface area contributed by atoms with Gasteiger partial charge in [0, 0.05) is 12.0 Å². The Morgan fingerprint density at radius 3 is 2.91 bits per heavy atom. The van der Waals surface area contributed by atoms with Gasteiger partial charge in [0.2, 0.25) is 0 Å². The molecular weight excluding hydrogens is 140 g/mol. The van der Waals surface area contributed by atoms with Gasteiger partial charge in [0.15, 0.2) is 0 Å². The molecule has 3 heteroatoms. The maximum Gasteiger partial charge on any atom is 0.0551 e. The minimum atomic E-state index is 0.194. The largest absolute Gasteiger partial charge is 0.378 e. The zero-order valence-electron chi connectivity index (χ0n) is 6.92. The lowest BCUT2D eigenvalue weighted by Crippen LogP contribution is -2.39. The second kappa shape index (κ2) is 3.85. The lowest BCUT2D eigenvalue weighted by Gasteiger charge is -2.16. The molecule has 3 atom stereocenters. The monoisotopic (exact) mass is 156 g/mol. The Balaban J connectivity index is 2.40. The van der Waals surface area contributed by atoms with Gasteiger partial charge in [0.05, 0.1) is 12.7 Å². The van der Waals surface area contributed by atoms with Crippen LogP contribution in [0.4, 0.5) is 0 Å². The van der Waals surface area contributed by atoms with E-state index in [-0.39, 0.29) is 6.04 Å². The minimum absolute atomic E-state index is 0.194. The molecule has 0 aromatic carbocycles. The first-order chi connectivity index (χ1) is 5.27. The second-order valence-corrected chi connectivity index (χ2v) is 3.07. The van der Waals surface area contributed by atoms with Crippen molar-refractivity contribution < 1.29 is 4.74 Å². The van der Waals surface area contributed by atoms with Crippen molar-refractivity contribution in [1.82, 2.24) is 5.43 Å². The molecular formula is C8H16N2O. The molecule has 1 rings (SSSR count). The normalized spacial score (nSPS) is 33.6. The third-order valence-electron chi connectivity index (χ3n) is 2.18. The summed E-state index contributed by atoms with van der Waals surface area (Å²) >= 11 is 0. The molecule has 0 aliphatic carbocycles. The predicted molar refractivity (Wildman–Crippen MR) is 44.8 cm³/mol. The summed E-state index contributed by atoms with van der Waals surface area (Å²) in [5.41, 5.74) is 2.72. The highest BCUT2D eigenvalue weighted by Crippen LogP contribution is 2.22. The van der Waals surface area contributed by atoms with Crippen molar-refractivity contribution in [2.45, 2.75) is 25.5 Å². The predicted octanol–water partition coefficient (Wildman–Crippen LogP) is 0.429. The second-order valence-electron chi connectivity index (χ2n) is 3.07. The lowest BCUT2D eigenvalue weighted by molar-refractivity contribution is 0.118. The molecule has 1 aliphatic rings. The van der Waals surface area contributed by atoms with Crippen molar-refractivity contribution in [1.29, 1.82) is 0 Å². The Bertz CT molecular complexity index is 138. The van der Waals surface area contributed by atoms with Crippen LogP contribution >= 0.6 is 0 Å². The van der Waals surface area contributed by atoms with E-state index in [1.54, 1.807) is 0 Å². The van der Waals surface area contributed by atoms with Crippen LogP contribution in [0.5, 0.6) is 0 Å². The summed E-state index contributed by atoms with van der Waals surface area (Å²) in [7, 11) is 0. The number of ether oxygens (including phenoxy) is 1. The molecule has 3 unspecified atom stereocenters. The van der Waals surface area contributed by atoms with Crippen molar-refractivity contribution in [3.63, 3.8) is 0 Å². The average Bonchev–Trinajstić information content (AvgIpc) is 2.39. The summed E-state index contributed by atoms with van der Waals surface area (Å²) < 4.78 is 5.41. The Kier molecular flexibility index (Phi) is 3.05. The summed E-state index contributed by atoms with van der Waals surface area (Å²) in [4.78, 5) is 0. The van der Waals surface area contributed by atoms with Gasteiger partial charge in [-0.3, -0.25) is 11.3 Å². The van der Waals surface area contributed by atoms with Gasteiger partial charge < -0.3 is 4.74 Å². The maximum atomic E-state index is 5.41. The molecule has 3 nitrogen and oxygen atoms in total. The number of nitrogens with two attached hydrogens (primary N) is 1. The number of nitrogens with one attached hydrogen (secondary N) is 1. The van der Waals surface area contributed by atoms with E-state index in [2.05, 4.69) is 18.9 Å². The number of hydrazine groups is 1. The molecule has 1 saturated heterocycles. The van der Waals surface area contributed by atoms with Crippen LogP contribution in [0.1, 0.15) is 13.3 Å². The van der Waals surface area contributed by atoms with E-state index >= 15 is 0 Å². The Hall–Kier alpha value is -0.380. The minimum Gasteiger partial charge on any atom is -0.378 e. The van der Waals surface area contributed by atoms with E-state index < -0.39 is 0 Å². The molecule has 0 spiro atoms. The van der Waals surface area contributed by atoms with E-state index in [1.165, 1.54) is 0 Å². The summed E-state index contributed by atoms with van der Waals surface area (Å²) in [6.07, 6.45) is 3.28. The fraction of sp³-hybridized carbons (Fsp3) is 0.750. The van der Waals surface area contributed by atoms with Crippen LogP contribution in [-0.4, -0.2) is 18.8 Å². The van der Waals surface area contributed by atoms with Crippen LogP contribution in [0.2, 0.25) is 0 Å². The van der Waals surface area contributed by atoms with Crippen LogP contribution in [0.3, 0.4) is 0 Å². The SMILES string of the molecule is C=CC(NN)C1COC(C)C1. The van der Waals surface area contributed by atoms with Crippen molar-refractivity contribution in [2.75, 3.05) is 6.61 Å². The molecule has 0 bridgehead atoms. The van der Waals surface area contributed by atoms with Crippen molar-refractivity contribution in [3.05, 3.63) is 12.7 Å². The maximum absolute atomic E-state index is 5.41. The Morgan fingerprint density at radius 2 is 2.55 bits per heavy atom. The number of rotatable bonds is 3. The molecule has 0 saturated carbocycles.